The number of fused-ring (bicyclic) bond motifs is 2. The number of benzene rings is 1. The first-order valence-corrected chi connectivity index (χ1v) is 11.1. The summed E-state index contributed by atoms with van der Waals surface area (Å²) in [5.74, 6) is 2.08. The second-order valence-corrected chi connectivity index (χ2v) is 8.91. The maximum atomic E-state index is 11.3. The maximum absolute atomic E-state index is 11.3. The summed E-state index contributed by atoms with van der Waals surface area (Å²) in [6.07, 6.45) is 8.24. The number of unbranched alkanes of at least 4 members (excludes halogenated alkanes) is 2. The van der Waals surface area contributed by atoms with E-state index in [-0.39, 0.29) is 30.5 Å². The highest BCUT2D eigenvalue weighted by molar-refractivity contribution is 5.77. The first-order chi connectivity index (χ1) is 13.5. The Bertz CT molecular complexity index is 656. The predicted octanol–water partition coefficient (Wildman–Crippen LogP) is 4.09. The van der Waals surface area contributed by atoms with Crippen molar-refractivity contribution in [3.63, 3.8) is 0 Å². The number of Topliss-reactive ketones (excluding diaryl/α,β-unsaturated/α-hetero) is 1. The molecule has 2 N–H and O–H groups in total. The van der Waals surface area contributed by atoms with Gasteiger partial charge in [0.05, 0.1) is 12.2 Å². The van der Waals surface area contributed by atoms with Crippen LogP contribution in [-0.4, -0.2) is 34.8 Å². The van der Waals surface area contributed by atoms with E-state index in [1.54, 1.807) is 6.92 Å². The highest BCUT2D eigenvalue weighted by atomic mass is 16.5. The van der Waals surface area contributed by atoms with Crippen LogP contribution in [0.3, 0.4) is 0 Å². The molecule has 4 heteroatoms. The number of aliphatic hydroxyl groups is 2. The molecule has 1 aromatic carbocycles. The molecule has 0 heterocycles. The molecular formula is C24H36O4. The van der Waals surface area contributed by atoms with Crippen LogP contribution in [0.5, 0.6) is 5.75 Å². The third-order valence-corrected chi connectivity index (χ3v) is 6.75. The Morgan fingerprint density at radius 3 is 2.82 bits per heavy atom. The van der Waals surface area contributed by atoms with Crippen molar-refractivity contribution in [2.24, 2.45) is 17.8 Å². The lowest BCUT2D eigenvalue weighted by Gasteiger charge is -2.32. The molecule has 0 spiro atoms. The van der Waals surface area contributed by atoms with Gasteiger partial charge >= 0.3 is 0 Å². The number of hydrogen-bond acceptors (Lipinski definition) is 4. The van der Waals surface area contributed by atoms with Crippen LogP contribution in [0.4, 0.5) is 0 Å². The van der Waals surface area contributed by atoms with Crippen LogP contribution in [0.2, 0.25) is 0 Å². The van der Waals surface area contributed by atoms with Gasteiger partial charge in [0.25, 0.3) is 0 Å². The van der Waals surface area contributed by atoms with Crippen molar-refractivity contribution in [1.82, 2.24) is 0 Å². The van der Waals surface area contributed by atoms with Gasteiger partial charge in [-0.3, -0.25) is 4.79 Å². The highest BCUT2D eigenvalue weighted by Crippen LogP contribution is 2.48. The highest BCUT2D eigenvalue weighted by Gasteiger charge is 2.44. The molecule has 0 saturated heterocycles. The SMILES string of the molecule is CCCCC[C@H](O)CC[C@@H]1[C@H]2Cc3cccc(OCC(C)=O)c3C[C@H]2C[C@H]1O. The standard InChI is InChI=1S/C24H36O4/c1-3-4-5-8-19(26)10-11-20-21-12-17-7-6-9-24(28-15-16(2)25)22(17)13-18(21)14-23(20)27/h6-7,9,18-21,23,26-27H,3-5,8,10-15H2,1-2H3/t18-,19-,20+,21-,23+/m0/s1. The number of carbonyl (C=O) groups is 1. The fraction of sp³-hybridized carbons (Fsp3) is 0.708. The first kappa shape index (κ1) is 21.3. The topological polar surface area (TPSA) is 66.8 Å². The third-order valence-electron chi connectivity index (χ3n) is 6.75. The second kappa shape index (κ2) is 9.89. The monoisotopic (exact) mass is 388 g/mol. The molecular weight excluding hydrogens is 352 g/mol. The van der Waals surface area contributed by atoms with Gasteiger partial charge in [0.1, 0.15) is 12.4 Å². The minimum atomic E-state index is -0.270. The van der Waals surface area contributed by atoms with Gasteiger partial charge in [0.2, 0.25) is 0 Å². The number of ketones is 1. The molecule has 2 aliphatic carbocycles. The summed E-state index contributed by atoms with van der Waals surface area (Å²) in [7, 11) is 0. The van der Waals surface area contributed by atoms with E-state index in [1.165, 1.54) is 24.0 Å². The molecule has 0 radical (unpaired) electrons. The lowest BCUT2D eigenvalue weighted by atomic mass is 9.73. The zero-order chi connectivity index (χ0) is 20.1. The molecule has 28 heavy (non-hydrogen) atoms. The summed E-state index contributed by atoms with van der Waals surface area (Å²) >= 11 is 0. The Labute approximate surface area is 169 Å². The Hall–Kier alpha value is -1.39. The molecule has 156 valence electrons. The number of carbonyl (C=O) groups excluding carboxylic acids is 1. The molecule has 3 rings (SSSR count). The lowest BCUT2D eigenvalue weighted by Crippen LogP contribution is -2.28. The zero-order valence-electron chi connectivity index (χ0n) is 17.4. The van der Waals surface area contributed by atoms with Crippen LogP contribution >= 0.6 is 0 Å². The number of aliphatic hydroxyl groups excluding tert-OH is 2. The number of hydrogen-bond donors (Lipinski definition) is 2. The van der Waals surface area contributed by atoms with Gasteiger partial charge < -0.3 is 14.9 Å². The van der Waals surface area contributed by atoms with Crippen LogP contribution in [-0.2, 0) is 17.6 Å². The fourth-order valence-corrected chi connectivity index (χ4v) is 5.28. The zero-order valence-corrected chi connectivity index (χ0v) is 17.4. The van der Waals surface area contributed by atoms with Crippen LogP contribution in [0.1, 0.15) is 69.9 Å². The van der Waals surface area contributed by atoms with Crippen molar-refractivity contribution in [3.8, 4) is 5.75 Å². The summed E-state index contributed by atoms with van der Waals surface area (Å²) in [4.78, 5) is 11.3. The van der Waals surface area contributed by atoms with E-state index >= 15 is 0 Å². The molecule has 0 bridgehead atoms. The minimum absolute atomic E-state index is 0.0279. The van der Waals surface area contributed by atoms with Gasteiger partial charge in [0, 0.05) is 0 Å². The molecule has 1 fully saturated rings. The number of rotatable bonds is 10. The first-order valence-electron chi connectivity index (χ1n) is 11.1. The fourth-order valence-electron chi connectivity index (χ4n) is 5.28. The molecule has 1 aromatic rings. The maximum Gasteiger partial charge on any atom is 0.167 e. The van der Waals surface area contributed by atoms with Gasteiger partial charge in [0.15, 0.2) is 5.78 Å². The van der Waals surface area contributed by atoms with Crippen molar-refractivity contribution in [2.75, 3.05) is 6.61 Å². The lowest BCUT2D eigenvalue weighted by molar-refractivity contribution is -0.118. The van der Waals surface area contributed by atoms with Gasteiger partial charge in [-0.2, -0.15) is 0 Å². The summed E-state index contributed by atoms with van der Waals surface area (Å²) in [5.41, 5.74) is 2.52. The molecule has 5 atom stereocenters. The quantitative estimate of drug-likeness (QED) is 0.593. The van der Waals surface area contributed by atoms with Crippen LogP contribution in [0, 0.1) is 17.8 Å². The van der Waals surface area contributed by atoms with E-state index in [4.69, 9.17) is 4.74 Å². The van der Waals surface area contributed by atoms with Gasteiger partial charge in [-0.05, 0) is 80.4 Å². The van der Waals surface area contributed by atoms with Crippen molar-refractivity contribution in [3.05, 3.63) is 29.3 Å². The van der Waals surface area contributed by atoms with Crippen LogP contribution in [0.25, 0.3) is 0 Å². The summed E-state index contributed by atoms with van der Waals surface area (Å²) < 4.78 is 5.75. The molecule has 2 aliphatic rings. The van der Waals surface area contributed by atoms with Crippen molar-refractivity contribution < 1.29 is 19.7 Å². The van der Waals surface area contributed by atoms with E-state index in [9.17, 15) is 15.0 Å². The Kier molecular flexibility index (Phi) is 7.53. The van der Waals surface area contributed by atoms with E-state index < -0.39 is 0 Å². The smallest absolute Gasteiger partial charge is 0.167 e. The normalized spacial score (nSPS) is 27.1. The number of ether oxygens (including phenoxy) is 1. The largest absolute Gasteiger partial charge is 0.486 e. The van der Waals surface area contributed by atoms with Gasteiger partial charge in [-0.25, -0.2) is 0 Å². The Morgan fingerprint density at radius 1 is 1.25 bits per heavy atom. The Balaban J connectivity index is 1.62. The molecule has 1 saturated carbocycles. The van der Waals surface area contributed by atoms with E-state index in [1.807, 2.05) is 12.1 Å². The Morgan fingerprint density at radius 2 is 2.07 bits per heavy atom. The average molecular weight is 389 g/mol. The van der Waals surface area contributed by atoms with E-state index in [0.717, 1.165) is 50.7 Å². The molecule has 0 aliphatic heterocycles. The van der Waals surface area contributed by atoms with E-state index in [0.29, 0.717) is 11.8 Å². The van der Waals surface area contributed by atoms with E-state index in [2.05, 4.69) is 13.0 Å². The van der Waals surface area contributed by atoms with Crippen molar-refractivity contribution in [1.29, 1.82) is 0 Å². The summed E-state index contributed by atoms with van der Waals surface area (Å²) in [6.45, 7) is 3.84. The molecule has 0 unspecified atom stereocenters. The average Bonchev–Trinajstić information content (AvgIpc) is 2.97. The molecule has 4 nitrogen and oxygen atoms in total. The third kappa shape index (κ3) is 5.15. The van der Waals surface area contributed by atoms with Crippen molar-refractivity contribution >= 4 is 5.78 Å². The summed E-state index contributed by atoms with van der Waals surface area (Å²) in [5, 5.41) is 21.0. The molecule has 0 aromatic heterocycles. The van der Waals surface area contributed by atoms with Crippen molar-refractivity contribution in [2.45, 2.75) is 83.8 Å². The van der Waals surface area contributed by atoms with Gasteiger partial charge in [-0.15, -0.1) is 0 Å². The predicted molar refractivity (Wildman–Crippen MR) is 111 cm³/mol. The van der Waals surface area contributed by atoms with Crippen LogP contribution < -0.4 is 4.74 Å². The minimum Gasteiger partial charge on any atom is -0.486 e. The second-order valence-electron chi connectivity index (χ2n) is 8.91. The van der Waals surface area contributed by atoms with Gasteiger partial charge in [-0.1, -0.05) is 38.3 Å². The molecule has 0 amide bonds. The van der Waals surface area contributed by atoms with Crippen LogP contribution in [0.15, 0.2) is 18.2 Å². The summed E-state index contributed by atoms with van der Waals surface area (Å²) in [6, 6.07) is 6.12.